The lowest BCUT2D eigenvalue weighted by molar-refractivity contribution is 0.00902. The minimum atomic E-state index is -0.283. The van der Waals surface area contributed by atoms with Crippen LogP contribution in [0.1, 0.15) is 37.7 Å². The lowest BCUT2D eigenvalue weighted by atomic mass is 10.0. The SMILES string of the molecule is CN1CCCN(Cc2ccnc([C@@]3(C)CCCO3)n2)CC1. The summed E-state index contributed by atoms with van der Waals surface area (Å²) in [6.45, 7) is 8.44. The van der Waals surface area contributed by atoms with Gasteiger partial charge in [-0.2, -0.15) is 0 Å². The van der Waals surface area contributed by atoms with E-state index in [1.165, 1.54) is 13.0 Å². The van der Waals surface area contributed by atoms with Crippen LogP contribution in [0.4, 0.5) is 0 Å². The smallest absolute Gasteiger partial charge is 0.160 e. The number of aromatic nitrogens is 2. The molecule has 0 amide bonds. The molecule has 0 spiro atoms. The van der Waals surface area contributed by atoms with Crippen molar-refractivity contribution in [1.29, 1.82) is 0 Å². The van der Waals surface area contributed by atoms with Crippen molar-refractivity contribution in [2.75, 3.05) is 39.8 Å². The third kappa shape index (κ3) is 3.59. The second kappa shape index (κ2) is 6.38. The summed E-state index contributed by atoms with van der Waals surface area (Å²) in [6, 6.07) is 2.04. The molecule has 1 atom stereocenters. The minimum absolute atomic E-state index is 0.283. The van der Waals surface area contributed by atoms with Gasteiger partial charge in [0.2, 0.25) is 0 Å². The van der Waals surface area contributed by atoms with Crippen molar-refractivity contribution in [3.63, 3.8) is 0 Å². The molecule has 0 N–H and O–H groups in total. The van der Waals surface area contributed by atoms with Crippen LogP contribution in [0.25, 0.3) is 0 Å². The molecule has 0 aliphatic carbocycles. The highest BCUT2D eigenvalue weighted by Gasteiger charge is 2.34. The van der Waals surface area contributed by atoms with Gasteiger partial charge in [-0.25, -0.2) is 9.97 Å². The summed E-state index contributed by atoms with van der Waals surface area (Å²) in [6.07, 6.45) is 5.23. The average Bonchev–Trinajstić information content (AvgIpc) is 2.83. The quantitative estimate of drug-likeness (QED) is 0.846. The zero-order valence-electron chi connectivity index (χ0n) is 13.2. The van der Waals surface area contributed by atoms with E-state index in [1.54, 1.807) is 0 Å². The molecule has 2 fully saturated rings. The number of hydrogen-bond donors (Lipinski definition) is 0. The van der Waals surface area contributed by atoms with Crippen LogP contribution in [-0.2, 0) is 16.9 Å². The fraction of sp³-hybridized carbons (Fsp3) is 0.750. The van der Waals surface area contributed by atoms with Gasteiger partial charge in [-0.15, -0.1) is 0 Å². The molecule has 5 nitrogen and oxygen atoms in total. The van der Waals surface area contributed by atoms with Crippen molar-refractivity contribution in [1.82, 2.24) is 19.8 Å². The Bertz CT molecular complexity index is 473. The molecule has 0 unspecified atom stereocenters. The highest BCUT2D eigenvalue weighted by molar-refractivity contribution is 5.09. The molecule has 3 rings (SSSR count). The van der Waals surface area contributed by atoms with Gasteiger partial charge in [0.05, 0.1) is 5.69 Å². The molecular formula is C16H26N4O. The minimum Gasteiger partial charge on any atom is -0.367 e. The molecule has 116 valence electrons. The summed E-state index contributed by atoms with van der Waals surface area (Å²) in [5.74, 6) is 0.851. The van der Waals surface area contributed by atoms with Crippen LogP contribution in [0.2, 0.25) is 0 Å². The topological polar surface area (TPSA) is 41.5 Å². The first-order chi connectivity index (χ1) is 10.2. The van der Waals surface area contributed by atoms with Gasteiger partial charge >= 0.3 is 0 Å². The third-order valence-electron chi connectivity index (χ3n) is 4.60. The third-order valence-corrected chi connectivity index (χ3v) is 4.60. The molecule has 1 aromatic rings. The summed E-state index contributed by atoms with van der Waals surface area (Å²) in [5.41, 5.74) is 0.830. The van der Waals surface area contributed by atoms with Gasteiger partial charge in [-0.3, -0.25) is 4.90 Å². The molecule has 0 radical (unpaired) electrons. The van der Waals surface area contributed by atoms with Crippen molar-refractivity contribution in [2.45, 2.75) is 38.3 Å². The Balaban J connectivity index is 1.68. The van der Waals surface area contributed by atoms with Crippen molar-refractivity contribution in [3.05, 3.63) is 23.8 Å². The predicted octanol–water partition coefficient (Wildman–Crippen LogP) is 1.64. The van der Waals surface area contributed by atoms with Gasteiger partial charge in [0.15, 0.2) is 5.82 Å². The van der Waals surface area contributed by atoms with Crippen molar-refractivity contribution in [2.24, 2.45) is 0 Å². The Morgan fingerprint density at radius 3 is 2.95 bits per heavy atom. The molecule has 5 heteroatoms. The van der Waals surface area contributed by atoms with Crippen molar-refractivity contribution >= 4 is 0 Å². The van der Waals surface area contributed by atoms with Crippen LogP contribution >= 0.6 is 0 Å². The first kappa shape index (κ1) is 14.9. The van der Waals surface area contributed by atoms with E-state index in [4.69, 9.17) is 9.72 Å². The first-order valence-electron chi connectivity index (χ1n) is 8.03. The van der Waals surface area contributed by atoms with Crippen LogP contribution in [0, 0.1) is 0 Å². The molecule has 0 aromatic carbocycles. The van der Waals surface area contributed by atoms with Gasteiger partial charge in [-0.1, -0.05) is 0 Å². The lowest BCUT2D eigenvalue weighted by Crippen LogP contribution is -2.30. The van der Waals surface area contributed by atoms with Gasteiger partial charge in [-0.05, 0) is 52.4 Å². The fourth-order valence-electron chi connectivity index (χ4n) is 3.18. The maximum Gasteiger partial charge on any atom is 0.160 e. The van der Waals surface area contributed by atoms with Crippen LogP contribution < -0.4 is 0 Å². The molecule has 21 heavy (non-hydrogen) atoms. The second-order valence-electron chi connectivity index (χ2n) is 6.49. The Labute approximate surface area is 127 Å². The number of rotatable bonds is 3. The van der Waals surface area contributed by atoms with Crippen LogP contribution in [0.3, 0.4) is 0 Å². The summed E-state index contributed by atoms with van der Waals surface area (Å²) < 4.78 is 5.86. The van der Waals surface area contributed by atoms with Crippen molar-refractivity contribution in [3.8, 4) is 0 Å². The van der Waals surface area contributed by atoms with Crippen LogP contribution in [-0.4, -0.2) is 59.6 Å². The molecule has 3 heterocycles. The Morgan fingerprint density at radius 1 is 1.24 bits per heavy atom. The van der Waals surface area contributed by atoms with Crippen molar-refractivity contribution < 1.29 is 4.74 Å². The molecule has 1 aromatic heterocycles. The second-order valence-corrected chi connectivity index (χ2v) is 6.49. The molecule has 0 saturated carbocycles. The van der Waals surface area contributed by atoms with Gasteiger partial charge < -0.3 is 9.64 Å². The highest BCUT2D eigenvalue weighted by atomic mass is 16.5. The van der Waals surface area contributed by atoms with Gasteiger partial charge in [0.25, 0.3) is 0 Å². The maximum atomic E-state index is 5.86. The number of ether oxygens (including phenoxy) is 1. The number of nitrogens with zero attached hydrogens (tertiary/aromatic N) is 4. The Morgan fingerprint density at radius 2 is 2.14 bits per heavy atom. The van der Waals surface area contributed by atoms with E-state index in [2.05, 4.69) is 28.8 Å². The number of hydrogen-bond acceptors (Lipinski definition) is 5. The summed E-state index contributed by atoms with van der Waals surface area (Å²) in [7, 11) is 2.20. The van der Waals surface area contributed by atoms with Gasteiger partial charge in [0.1, 0.15) is 5.60 Å². The van der Waals surface area contributed by atoms with E-state index in [0.717, 1.165) is 57.1 Å². The van der Waals surface area contributed by atoms with Crippen LogP contribution in [0.5, 0.6) is 0 Å². The molecular weight excluding hydrogens is 264 g/mol. The first-order valence-corrected chi connectivity index (χ1v) is 8.03. The highest BCUT2D eigenvalue weighted by Crippen LogP contribution is 2.33. The molecule has 0 bridgehead atoms. The number of likely N-dealkylation sites (N-methyl/N-ethyl adjacent to an activating group) is 1. The largest absolute Gasteiger partial charge is 0.367 e. The molecule has 2 saturated heterocycles. The van der Waals surface area contributed by atoms with E-state index in [-0.39, 0.29) is 5.60 Å². The Kier molecular flexibility index (Phi) is 4.52. The monoisotopic (exact) mass is 290 g/mol. The van der Waals surface area contributed by atoms with E-state index < -0.39 is 0 Å². The molecule has 2 aliphatic heterocycles. The van der Waals surface area contributed by atoms with Gasteiger partial charge in [0, 0.05) is 32.4 Å². The summed E-state index contributed by atoms with van der Waals surface area (Å²) in [4.78, 5) is 14.1. The van der Waals surface area contributed by atoms with E-state index in [9.17, 15) is 0 Å². The zero-order valence-corrected chi connectivity index (χ0v) is 13.2. The zero-order chi connectivity index (χ0) is 14.7. The standard InChI is InChI=1S/C16H26N4O/c1-16(6-3-12-21-16)15-17-7-5-14(18-15)13-20-9-4-8-19(2)10-11-20/h5,7H,3-4,6,8-13H2,1-2H3/t16-/m1/s1. The lowest BCUT2D eigenvalue weighted by Gasteiger charge is -2.23. The fourth-order valence-corrected chi connectivity index (χ4v) is 3.18. The predicted molar refractivity (Wildman–Crippen MR) is 82.0 cm³/mol. The Hall–Kier alpha value is -1.04. The van der Waals surface area contributed by atoms with E-state index in [1.807, 2.05) is 12.3 Å². The van der Waals surface area contributed by atoms with E-state index in [0.29, 0.717) is 0 Å². The normalized spacial score (nSPS) is 28.7. The van der Waals surface area contributed by atoms with E-state index >= 15 is 0 Å². The summed E-state index contributed by atoms with van der Waals surface area (Å²) >= 11 is 0. The van der Waals surface area contributed by atoms with Crippen LogP contribution in [0.15, 0.2) is 12.3 Å². The maximum absolute atomic E-state index is 5.86. The molecule has 2 aliphatic rings. The average molecular weight is 290 g/mol. The summed E-state index contributed by atoms with van der Waals surface area (Å²) in [5, 5.41) is 0.